The molecule has 0 aliphatic rings. The number of hydrogen-bond acceptors (Lipinski definition) is 6. The lowest BCUT2D eigenvalue weighted by atomic mass is 10.1. The van der Waals surface area contributed by atoms with Crippen LogP contribution in [0.1, 0.15) is 23.2 Å². The van der Waals surface area contributed by atoms with Crippen molar-refractivity contribution < 1.29 is 19.2 Å². The van der Waals surface area contributed by atoms with Crippen LogP contribution < -0.4 is 11.3 Å². The first kappa shape index (κ1) is 13.7. The third-order valence-corrected chi connectivity index (χ3v) is 2.89. The molecule has 2 aromatic heterocycles. The van der Waals surface area contributed by atoms with E-state index in [0.29, 0.717) is 0 Å². The largest absolute Gasteiger partial charge is 0.476 e. The van der Waals surface area contributed by atoms with E-state index in [1.807, 2.05) is 0 Å². The molecule has 9 heteroatoms. The smallest absolute Gasteiger partial charge is 0.357 e. The summed E-state index contributed by atoms with van der Waals surface area (Å²) in [6.45, 7) is 2.87. The van der Waals surface area contributed by atoms with Crippen molar-refractivity contribution in [2.45, 2.75) is 20.4 Å². The van der Waals surface area contributed by atoms with Crippen LogP contribution in [0.25, 0.3) is 10.9 Å². The molecule has 0 saturated carbocycles. The van der Waals surface area contributed by atoms with Gasteiger partial charge in [0, 0.05) is 0 Å². The zero-order chi connectivity index (χ0) is 15.0. The molecule has 2 rings (SSSR count). The first-order chi connectivity index (χ1) is 9.32. The van der Waals surface area contributed by atoms with Crippen LogP contribution in [0.4, 0.5) is 0 Å². The first-order valence-corrected chi connectivity index (χ1v) is 5.72. The van der Waals surface area contributed by atoms with Gasteiger partial charge < -0.3 is 15.4 Å². The fraction of sp³-hybridized carbons (Fsp3) is 0.364. The molecule has 2 aromatic rings. The van der Waals surface area contributed by atoms with E-state index < -0.39 is 23.4 Å². The van der Waals surface area contributed by atoms with Crippen molar-refractivity contribution >= 4 is 22.8 Å². The van der Waals surface area contributed by atoms with E-state index in [0.717, 1.165) is 4.68 Å². The summed E-state index contributed by atoms with van der Waals surface area (Å²) in [5.74, 6) is -2.42. The highest BCUT2D eigenvalue weighted by molar-refractivity contribution is 6.00. The maximum atomic E-state index is 12.1. The van der Waals surface area contributed by atoms with E-state index in [4.69, 9.17) is 15.4 Å². The van der Waals surface area contributed by atoms with Crippen molar-refractivity contribution in [3.8, 4) is 0 Å². The van der Waals surface area contributed by atoms with E-state index >= 15 is 0 Å². The lowest BCUT2D eigenvalue weighted by Crippen LogP contribution is -2.32. The van der Waals surface area contributed by atoms with Crippen molar-refractivity contribution in [3.63, 3.8) is 0 Å². The third-order valence-electron chi connectivity index (χ3n) is 2.89. The van der Waals surface area contributed by atoms with Gasteiger partial charge in [0.2, 0.25) is 5.91 Å². The Kier molecular flexibility index (Phi) is 3.26. The van der Waals surface area contributed by atoms with Gasteiger partial charge in [-0.25, -0.2) is 9.48 Å². The molecule has 0 saturated heterocycles. The lowest BCUT2D eigenvalue weighted by Gasteiger charge is -2.09. The zero-order valence-electron chi connectivity index (χ0n) is 10.8. The number of carbonyl (C=O) groups excluding carboxylic acids is 1. The Morgan fingerprint density at radius 3 is 2.70 bits per heavy atom. The Morgan fingerprint density at radius 2 is 2.15 bits per heavy atom. The second-order valence-electron chi connectivity index (χ2n) is 4.41. The van der Waals surface area contributed by atoms with Crippen molar-refractivity contribution in [2.75, 3.05) is 0 Å². The van der Waals surface area contributed by atoms with Crippen LogP contribution in [0.3, 0.4) is 0 Å². The van der Waals surface area contributed by atoms with Gasteiger partial charge in [-0.2, -0.15) is 5.10 Å². The highest BCUT2D eigenvalue weighted by Gasteiger charge is 2.23. The van der Waals surface area contributed by atoms with E-state index in [1.165, 1.54) is 13.8 Å². The summed E-state index contributed by atoms with van der Waals surface area (Å²) in [5, 5.41) is 16.5. The Balaban J connectivity index is 2.68. The SMILES string of the molecule is Cc1onc2c(=O)n(CC(C)C(N)=O)nc(C(=O)O)c12. The summed E-state index contributed by atoms with van der Waals surface area (Å²) in [6.07, 6.45) is 0. The molecule has 9 nitrogen and oxygen atoms in total. The van der Waals surface area contributed by atoms with Crippen molar-refractivity contribution in [3.05, 3.63) is 21.8 Å². The third kappa shape index (κ3) is 2.13. The number of primary amides is 1. The van der Waals surface area contributed by atoms with Gasteiger partial charge in [0.15, 0.2) is 11.2 Å². The number of aryl methyl sites for hydroxylation is 1. The predicted molar refractivity (Wildman–Crippen MR) is 66.1 cm³/mol. The minimum atomic E-state index is -1.32. The fourth-order valence-corrected chi connectivity index (χ4v) is 1.76. The zero-order valence-corrected chi connectivity index (χ0v) is 10.8. The predicted octanol–water partition coefficient (Wildman–Crippen LogP) is -0.487. The number of nitrogens with two attached hydrogens (primary N) is 1. The van der Waals surface area contributed by atoms with Gasteiger partial charge in [0.25, 0.3) is 5.56 Å². The topological polar surface area (TPSA) is 141 Å². The minimum absolute atomic E-state index is 0.0606. The van der Waals surface area contributed by atoms with Crippen LogP contribution in [0, 0.1) is 12.8 Å². The molecule has 0 bridgehead atoms. The molecule has 0 aliphatic heterocycles. The molecule has 106 valence electrons. The van der Waals surface area contributed by atoms with Crippen LogP contribution in [0.5, 0.6) is 0 Å². The van der Waals surface area contributed by atoms with Crippen molar-refractivity contribution in [2.24, 2.45) is 11.7 Å². The highest BCUT2D eigenvalue weighted by atomic mass is 16.5. The standard InChI is InChI=1S/C11H12N4O5/c1-4(9(12)16)3-15-10(17)7-6(5(2)20-14-7)8(13-15)11(18)19/h4H,3H2,1-2H3,(H2,12,16)(H,18,19). The minimum Gasteiger partial charge on any atom is -0.476 e. The summed E-state index contributed by atoms with van der Waals surface area (Å²) in [6, 6.07) is 0. The van der Waals surface area contributed by atoms with Gasteiger partial charge in [-0.3, -0.25) is 9.59 Å². The van der Waals surface area contributed by atoms with Gasteiger partial charge in [0.05, 0.1) is 17.8 Å². The van der Waals surface area contributed by atoms with E-state index in [2.05, 4.69) is 10.3 Å². The van der Waals surface area contributed by atoms with Crippen LogP contribution >= 0.6 is 0 Å². The highest BCUT2D eigenvalue weighted by Crippen LogP contribution is 2.17. The van der Waals surface area contributed by atoms with E-state index in [9.17, 15) is 14.4 Å². The number of carbonyl (C=O) groups is 2. The van der Waals surface area contributed by atoms with Crippen LogP contribution in [-0.4, -0.2) is 31.9 Å². The van der Waals surface area contributed by atoms with Gasteiger partial charge in [-0.1, -0.05) is 12.1 Å². The molecule has 1 unspecified atom stereocenters. The lowest BCUT2D eigenvalue weighted by molar-refractivity contribution is -0.121. The summed E-state index contributed by atoms with van der Waals surface area (Å²) < 4.78 is 5.70. The number of aromatic carboxylic acids is 1. The molecule has 0 spiro atoms. The van der Waals surface area contributed by atoms with Crippen LogP contribution in [0.2, 0.25) is 0 Å². The average Bonchev–Trinajstić information content (AvgIpc) is 2.75. The Labute approximate surface area is 112 Å². The number of aromatic nitrogens is 3. The van der Waals surface area contributed by atoms with Crippen molar-refractivity contribution in [1.82, 2.24) is 14.9 Å². The number of hydrogen-bond donors (Lipinski definition) is 2. The number of fused-ring (bicyclic) bond motifs is 1. The molecule has 0 aromatic carbocycles. The van der Waals surface area contributed by atoms with Crippen LogP contribution in [-0.2, 0) is 11.3 Å². The summed E-state index contributed by atoms with van der Waals surface area (Å²) in [4.78, 5) is 34.3. The monoisotopic (exact) mass is 280 g/mol. The summed E-state index contributed by atoms with van der Waals surface area (Å²) >= 11 is 0. The number of amides is 1. The quantitative estimate of drug-likeness (QED) is 0.769. The van der Waals surface area contributed by atoms with Gasteiger partial charge in [0.1, 0.15) is 5.76 Å². The second-order valence-corrected chi connectivity index (χ2v) is 4.41. The molecule has 0 radical (unpaired) electrons. The first-order valence-electron chi connectivity index (χ1n) is 5.72. The Hall–Kier alpha value is -2.71. The Morgan fingerprint density at radius 1 is 1.50 bits per heavy atom. The second kappa shape index (κ2) is 4.76. The van der Waals surface area contributed by atoms with E-state index in [1.54, 1.807) is 0 Å². The number of rotatable bonds is 4. The molecule has 0 aliphatic carbocycles. The molecular formula is C11H12N4O5. The Bertz CT molecular complexity index is 760. The van der Waals surface area contributed by atoms with Gasteiger partial charge >= 0.3 is 5.97 Å². The summed E-state index contributed by atoms with van der Waals surface area (Å²) in [5.41, 5.74) is 4.00. The van der Waals surface area contributed by atoms with Crippen molar-refractivity contribution in [1.29, 1.82) is 0 Å². The average molecular weight is 280 g/mol. The molecule has 2 heterocycles. The molecule has 20 heavy (non-hydrogen) atoms. The number of carboxylic acid groups (broad SMARTS) is 1. The van der Waals surface area contributed by atoms with Crippen LogP contribution in [0.15, 0.2) is 9.32 Å². The number of nitrogens with zero attached hydrogens (tertiary/aromatic N) is 3. The molecule has 1 amide bonds. The number of carboxylic acids is 1. The molecule has 1 atom stereocenters. The molecule has 3 N–H and O–H groups in total. The molecule has 0 fully saturated rings. The van der Waals surface area contributed by atoms with E-state index in [-0.39, 0.29) is 28.9 Å². The van der Waals surface area contributed by atoms with Gasteiger partial charge in [-0.15, -0.1) is 0 Å². The summed E-state index contributed by atoms with van der Waals surface area (Å²) in [7, 11) is 0. The van der Waals surface area contributed by atoms with Gasteiger partial charge in [-0.05, 0) is 6.92 Å². The maximum Gasteiger partial charge on any atom is 0.357 e. The maximum absolute atomic E-state index is 12.1. The fourth-order valence-electron chi connectivity index (χ4n) is 1.76. The normalized spacial score (nSPS) is 12.5. The molecular weight excluding hydrogens is 268 g/mol.